The summed E-state index contributed by atoms with van der Waals surface area (Å²) in [5, 5.41) is 11.8. The summed E-state index contributed by atoms with van der Waals surface area (Å²) >= 11 is 1.61. The first kappa shape index (κ1) is 30.3. The maximum Gasteiger partial charge on any atom is 0.323 e. The number of hydrogen-bond donors (Lipinski definition) is 5. The number of nitrogens with zero attached hydrogens (tertiary/aromatic N) is 2. The van der Waals surface area contributed by atoms with Crippen LogP contribution in [-0.4, -0.2) is 41.5 Å². The quantitative estimate of drug-likeness (QED) is 0.119. The Balaban J connectivity index is 1.16. The number of carbonyl (C=O) groups is 2. The number of hydrogen-bond acceptors (Lipinski definition) is 7. The lowest BCUT2D eigenvalue weighted by Crippen LogP contribution is -2.32. The van der Waals surface area contributed by atoms with Crippen LogP contribution in [-0.2, 0) is 11.3 Å². The molecule has 9 nitrogen and oxygen atoms in total. The summed E-state index contributed by atoms with van der Waals surface area (Å²) in [6.45, 7) is 3.35. The Morgan fingerprint density at radius 1 is 0.822 bits per heavy atom. The van der Waals surface area contributed by atoms with Crippen LogP contribution < -0.4 is 27.4 Å². The molecule has 3 heterocycles. The first-order valence-corrected chi connectivity index (χ1v) is 16.1. The van der Waals surface area contributed by atoms with E-state index in [0.29, 0.717) is 30.2 Å². The summed E-state index contributed by atoms with van der Waals surface area (Å²) in [7, 11) is 0. The van der Waals surface area contributed by atoms with Crippen LogP contribution in [0, 0.1) is 0 Å². The van der Waals surface area contributed by atoms with E-state index in [4.69, 9.17) is 11.5 Å². The minimum atomic E-state index is -0.337. The van der Waals surface area contributed by atoms with Gasteiger partial charge in [-0.1, -0.05) is 42.8 Å². The van der Waals surface area contributed by atoms with Crippen LogP contribution in [0.25, 0.3) is 32.3 Å². The Bertz CT molecular complexity index is 1810. The van der Waals surface area contributed by atoms with Crippen LogP contribution in [0.15, 0.2) is 84.4 Å². The van der Waals surface area contributed by atoms with Crippen molar-refractivity contribution in [3.05, 3.63) is 89.9 Å². The fourth-order valence-corrected chi connectivity index (χ4v) is 6.84. The zero-order valence-electron chi connectivity index (χ0n) is 25.0. The molecule has 0 bridgehead atoms. The number of nitrogens with two attached hydrogens (primary N) is 2. The molecule has 3 aromatic carbocycles. The van der Waals surface area contributed by atoms with Crippen LogP contribution in [0.4, 0.5) is 27.7 Å². The average molecular weight is 620 g/mol. The number of urea groups is 1. The number of nitrogen functional groups attached to an aromatic ring is 1. The Morgan fingerprint density at radius 2 is 1.56 bits per heavy atom. The molecule has 0 radical (unpaired) electrons. The summed E-state index contributed by atoms with van der Waals surface area (Å²) in [6.07, 6.45) is 5.99. The fraction of sp³-hybridized carbons (Fsp3) is 0.229. The Kier molecular flexibility index (Phi) is 9.35. The molecule has 0 aliphatic carbocycles. The monoisotopic (exact) mass is 619 g/mol. The summed E-state index contributed by atoms with van der Waals surface area (Å²) in [4.78, 5) is 32.2. The lowest BCUT2D eigenvalue weighted by atomic mass is 10.0. The molecule has 230 valence electrons. The van der Waals surface area contributed by atoms with Crippen LogP contribution in [0.2, 0.25) is 0 Å². The number of amides is 3. The lowest BCUT2D eigenvalue weighted by molar-refractivity contribution is -0.116. The smallest absolute Gasteiger partial charge is 0.323 e. The predicted octanol–water partition coefficient (Wildman–Crippen LogP) is 7.13. The Morgan fingerprint density at radius 3 is 2.33 bits per heavy atom. The summed E-state index contributed by atoms with van der Waals surface area (Å²) in [6, 6.07) is 22.6. The Hall–Kier alpha value is -4.77. The van der Waals surface area contributed by atoms with Gasteiger partial charge in [0.1, 0.15) is 5.82 Å². The number of fused-ring (bicyclic) bond motifs is 1. The number of likely N-dealkylation sites (tertiary alicyclic amines) is 1. The highest BCUT2D eigenvalue weighted by atomic mass is 32.1. The van der Waals surface area contributed by atoms with E-state index in [0.717, 1.165) is 63.2 Å². The van der Waals surface area contributed by atoms with E-state index in [1.807, 2.05) is 72.8 Å². The van der Waals surface area contributed by atoms with E-state index >= 15 is 0 Å². The SMILES string of the molecule is NCc1cccc(NC(=O)Nc2ccc(-c3csc4c(-c5cccc(NC(=O)CCN6CCCCC6)c5)cnc(N)c34)cc2)c1. The molecule has 7 N–H and O–H groups in total. The summed E-state index contributed by atoms with van der Waals surface area (Å²) < 4.78 is 1.02. The number of nitrogens with one attached hydrogen (secondary N) is 3. The number of rotatable bonds is 9. The van der Waals surface area contributed by atoms with Gasteiger partial charge in [0.05, 0.1) is 0 Å². The van der Waals surface area contributed by atoms with Gasteiger partial charge in [0.2, 0.25) is 5.91 Å². The number of thiophene rings is 1. The molecule has 0 spiro atoms. The van der Waals surface area contributed by atoms with Gasteiger partial charge in [0, 0.05) is 64.0 Å². The molecular weight excluding hydrogens is 582 g/mol. The van der Waals surface area contributed by atoms with E-state index in [1.165, 1.54) is 19.3 Å². The molecule has 10 heteroatoms. The van der Waals surface area contributed by atoms with Crippen molar-refractivity contribution in [3.8, 4) is 22.3 Å². The standard InChI is InChI=1S/C35H37N7O2S/c36-20-23-6-4-8-27(18-23)41-35(44)40-26-12-10-24(11-13-26)30-22-45-33-29(21-38-34(37)32(30)33)25-7-5-9-28(19-25)39-31(43)14-17-42-15-2-1-3-16-42/h4-13,18-19,21-22H,1-3,14-17,20,36H2,(H2,37,38)(H,39,43)(H2,40,41,44). The molecule has 2 aromatic heterocycles. The zero-order valence-corrected chi connectivity index (χ0v) is 25.8. The predicted molar refractivity (Wildman–Crippen MR) is 185 cm³/mol. The maximum atomic E-state index is 12.7. The number of pyridine rings is 1. The van der Waals surface area contributed by atoms with Gasteiger partial charge in [-0.3, -0.25) is 4.79 Å². The van der Waals surface area contributed by atoms with Crippen molar-refractivity contribution >= 4 is 56.2 Å². The van der Waals surface area contributed by atoms with Crippen LogP contribution in [0.3, 0.4) is 0 Å². The van der Waals surface area contributed by atoms with E-state index in [2.05, 4.69) is 31.2 Å². The van der Waals surface area contributed by atoms with Crippen molar-refractivity contribution in [2.45, 2.75) is 32.2 Å². The second-order valence-electron chi connectivity index (χ2n) is 11.3. The number of carbonyl (C=O) groups excluding carboxylic acids is 2. The molecule has 3 amide bonds. The molecule has 6 rings (SSSR count). The molecule has 1 aliphatic rings. The molecule has 1 aliphatic heterocycles. The highest BCUT2D eigenvalue weighted by Crippen LogP contribution is 2.42. The Labute approximate surface area is 266 Å². The van der Waals surface area contributed by atoms with Gasteiger partial charge in [0.15, 0.2) is 0 Å². The van der Waals surface area contributed by atoms with Crippen molar-refractivity contribution in [1.29, 1.82) is 0 Å². The second-order valence-corrected chi connectivity index (χ2v) is 12.1. The summed E-state index contributed by atoms with van der Waals surface area (Å²) in [5.74, 6) is 0.474. The fourth-order valence-electron chi connectivity index (χ4n) is 5.72. The van der Waals surface area contributed by atoms with Gasteiger partial charge in [-0.2, -0.15) is 0 Å². The third-order valence-corrected chi connectivity index (χ3v) is 9.07. The van der Waals surface area contributed by atoms with Crippen molar-refractivity contribution in [1.82, 2.24) is 9.88 Å². The van der Waals surface area contributed by atoms with Crippen molar-refractivity contribution in [2.24, 2.45) is 5.73 Å². The molecule has 1 fully saturated rings. The molecule has 5 aromatic rings. The van der Waals surface area contributed by atoms with Crippen LogP contribution >= 0.6 is 11.3 Å². The van der Waals surface area contributed by atoms with E-state index < -0.39 is 0 Å². The third-order valence-electron chi connectivity index (χ3n) is 8.06. The van der Waals surface area contributed by atoms with E-state index in [-0.39, 0.29) is 11.9 Å². The minimum Gasteiger partial charge on any atom is -0.383 e. The highest BCUT2D eigenvalue weighted by Gasteiger charge is 2.17. The van der Waals surface area contributed by atoms with Gasteiger partial charge in [0.25, 0.3) is 0 Å². The maximum absolute atomic E-state index is 12.7. The first-order valence-electron chi connectivity index (χ1n) is 15.2. The number of piperidine rings is 1. The van der Waals surface area contributed by atoms with Gasteiger partial charge < -0.3 is 32.3 Å². The first-order chi connectivity index (χ1) is 22.0. The normalized spacial score (nSPS) is 13.4. The number of anilines is 4. The largest absolute Gasteiger partial charge is 0.383 e. The van der Waals surface area contributed by atoms with Gasteiger partial charge in [-0.25, -0.2) is 9.78 Å². The van der Waals surface area contributed by atoms with Gasteiger partial charge >= 0.3 is 6.03 Å². The third kappa shape index (κ3) is 7.31. The van der Waals surface area contributed by atoms with Crippen molar-refractivity contribution in [3.63, 3.8) is 0 Å². The lowest BCUT2D eigenvalue weighted by Gasteiger charge is -2.25. The molecule has 0 atom stereocenters. The number of benzene rings is 3. The van der Waals surface area contributed by atoms with Crippen LogP contribution in [0.1, 0.15) is 31.2 Å². The van der Waals surface area contributed by atoms with E-state index in [1.54, 1.807) is 17.5 Å². The molecule has 0 unspecified atom stereocenters. The zero-order chi connectivity index (χ0) is 31.2. The van der Waals surface area contributed by atoms with Crippen LogP contribution in [0.5, 0.6) is 0 Å². The highest BCUT2D eigenvalue weighted by molar-refractivity contribution is 7.18. The number of aromatic nitrogens is 1. The average Bonchev–Trinajstić information content (AvgIpc) is 3.51. The molecule has 0 saturated carbocycles. The van der Waals surface area contributed by atoms with Gasteiger partial charge in [-0.05, 0) is 84.4 Å². The van der Waals surface area contributed by atoms with E-state index in [9.17, 15) is 9.59 Å². The minimum absolute atomic E-state index is 0.0212. The van der Waals surface area contributed by atoms with Crippen molar-refractivity contribution < 1.29 is 9.59 Å². The summed E-state index contributed by atoms with van der Waals surface area (Å²) in [5.41, 5.74) is 19.0. The molecule has 1 saturated heterocycles. The second kappa shape index (κ2) is 13.9. The van der Waals surface area contributed by atoms with Crippen molar-refractivity contribution in [2.75, 3.05) is 41.3 Å². The van der Waals surface area contributed by atoms with Gasteiger partial charge in [-0.15, -0.1) is 11.3 Å². The topological polar surface area (TPSA) is 138 Å². The molecule has 45 heavy (non-hydrogen) atoms. The molecular formula is C35H37N7O2S.